The van der Waals surface area contributed by atoms with Crippen LogP contribution in [0.2, 0.25) is 0 Å². The smallest absolute Gasteiger partial charge is 0.270 e. The average Bonchev–Trinajstić information content (AvgIpc) is 2.24. The molecule has 1 rings (SSSR count). The first-order valence-corrected chi connectivity index (χ1v) is 5.36. The Labute approximate surface area is 95.8 Å². The molecule has 0 aromatic carbocycles. The Bertz CT molecular complexity index is 266. The molecule has 0 aromatic heterocycles. The van der Waals surface area contributed by atoms with Gasteiger partial charge >= 0.3 is 0 Å². The first-order chi connectivity index (χ1) is 7.72. The number of hydrogen-bond donors (Lipinski definition) is 4. The number of ether oxygens (including phenoxy) is 1. The molecule has 0 unspecified atom stereocenters. The van der Waals surface area contributed by atoms with Gasteiger partial charge in [0, 0.05) is 27.4 Å². The number of hydrogen-bond acceptors (Lipinski definition) is 5. The fraction of sp³-hybridized carbons (Fsp3) is 0.700. The highest BCUT2D eigenvalue weighted by Crippen LogP contribution is 2.22. The second-order valence-corrected chi connectivity index (χ2v) is 3.65. The van der Waals surface area contributed by atoms with Gasteiger partial charge in [-0.25, -0.2) is 5.43 Å². The minimum Gasteiger partial charge on any atom is -0.392 e. The van der Waals surface area contributed by atoms with Gasteiger partial charge in [0.15, 0.2) is 0 Å². The van der Waals surface area contributed by atoms with Gasteiger partial charge in [-0.1, -0.05) is 0 Å². The molecule has 6 heteroatoms. The maximum Gasteiger partial charge on any atom is 0.270 e. The topological polar surface area (TPSA) is 74.4 Å². The zero-order chi connectivity index (χ0) is 12.0. The quantitative estimate of drug-likeness (QED) is 0.349. The number of hydrazine groups is 1. The lowest BCUT2D eigenvalue weighted by Gasteiger charge is -2.35. The predicted molar refractivity (Wildman–Crippen MR) is 61.3 cm³/mol. The normalized spacial score (nSPS) is 24.6. The molecule has 6 nitrogen and oxygen atoms in total. The first kappa shape index (κ1) is 12.8. The summed E-state index contributed by atoms with van der Waals surface area (Å²) in [4.78, 5) is 11.8. The third-order valence-corrected chi connectivity index (χ3v) is 2.62. The van der Waals surface area contributed by atoms with Gasteiger partial charge in [0.2, 0.25) is 0 Å². The molecule has 0 spiro atoms. The molecule has 0 saturated heterocycles. The van der Waals surface area contributed by atoms with Crippen molar-refractivity contribution in [3.63, 3.8) is 0 Å². The summed E-state index contributed by atoms with van der Waals surface area (Å²) < 4.78 is 5.21. The SMILES string of the molecule is CN/C=C(\NNC)C(=O)N[C@H]1CC[C@@H]1OC. The van der Waals surface area contributed by atoms with Crippen LogP contribution in [0.5, 0.6) is 0 Å². The van der Waals surface area contributed by atoms with Crippen molar-refractivity contribution in [3.8, 4) is 0 Å². The highest BCUT2D eigenvalue weighted by atomic mass is 16.5. The number of amides is 1. The van der Waals surface area contributed by atoms with Gasteiger partial charge in [-0.3, -0.25) is 4.79 Å². The van der Waals surface area contributed by atoms with E-state index in [1.807, 2.05) is 0 Å². The lowest BCUT2D eigenvalue weighted by atomic mass is 9.89. The van der Waals surface area contributed by atoms with E-state index < -0.39 is 0 Å². The van der Waals surface area contributed by atoms with Crippen LogP contribution in [-0.2, 0) is 9.53 Å². The van der Waals surface area contributed by atoms with Crippen LogP contribution in [0, 0.1) is 0 Å². The van der Waals surface area contributed by atoms with Crippen LogP contribution in [0.3, 0.4) is 0 Å². The summed E-state index contributed by atoms with van der Waals surface area (Å²) >= 11 is 0. The van der Waals surface area contributed by atoms with E-state index in [1.165, 1.54) is 0 Å². The maximum absolute atomic E-state index is 11.8. The van der Waals surface area contributed by atoms with Crippen molar-refractivity contribution in [1.82, 2.24) is 21.5 Å². The molecule has 1 amide bonds. The molecule has 0 aliphatic heterocycles. The predicted octanol–water partition coefficient (Wildman–Crippen LogP) is -0.935. The van der Waals surface area contributed by atoms with Crippen molar-refractivity contribution < 1.29 is 9.53 Å². The molecule has 0 radical (unpaired) electrons. The number of carbonyl (C=O) groups excluding carboxylic acids is 1. The minimum atomic E-state index is -0.143. The molecule has 0 bridgehead atoms. The average molecular weight is 228 g/mol. The van der Waals surface area contributed by atoms with E-state index >= 15 is 0 Å². The summed E-state index contributed by atoms with van der Waals surface area (Å²) in [6.07, 6.45) is 3.73. The van der Waals surface area contributed by atoms with E-state index in [-0.39, 0.29) is 18.1 Å². The second-order valence-electron chi connectivity index (χ2n) is 3.65. The molecule has 2 atom stereocenters. The largest absolute Gasteiger partial charge is 0.392 e. The Kier molecular flexibility index (Phi) is 5.07. The van der Waals surface area contributed by atoms with E-state index in [9.17, 15) is 4.79 Å². The van der Waals surface area contributed by atoms with Crippen LogP contribution in [0.25, 0.3) is 0 Å². The maximum atomic E-state index is 11.8. The van der Waals surface area contributed by atoms with Gasteiger partial charge in [0.1, 0.15) is 5.70 Å². The first-order valence-electron chi connectivity index (χ1n) is 5.36. The van der Waals surface area contributed by atoms with Crippen molar-refractivity contribution in [2.45, 2.75) is 25.0 Å². The Balaban J connectivity index is 2.46. The number of carbonyl (C=O) groups is 1. The van der Waals surface area contributed by atoms with E-state index in [2.05, 4.69) is 21.5 Å². The highest BCUT2D eigenvalue weighted by molar-refractivity contribution is 5.92. The lowest BCUT2D eigenvalue weighted by molar-refractivity contribution is -0.121. The molecule has 92 valence electrons. The van der Waals surface area contributed by atoms with Crippen molar-refractivity contribution >= 4 is 5.91 Å². The fourth-order valence-electron chi connectivity index (χ4n) is 1.60. The molecule has 1 saturated carbocycles. The van der Waals surface area contributed by atoms with Crippen LogP contribution in [-0.4, -0.2) is 39.3 Å². The number of rotatable bonds is 6. The van der Waals surface area contributed by atoms with Gasteiger partial charge in [0.25, 0.3) is 5.91 Å². The molecular weight excluding hydrogens is 208 g/mol. The summed E-state index contributed by atoms with van der Waals surface area (Å²) in [5.74, 6) is -0.143. The zero-order valence-corrected chi connectivity index (χ0v) is 9.96. The van der Waals surface area contributed by atoms with E-state index in [0.717, 1.165) is 12.8 Å². The Morgan fingerprint density at radius 2 is 2.12 bits per heavy atom. The summed E-state index contributed by atoms with van der Waals surface area (Å²) in [6, 6.07) is 0.122. The van der Waals surface area contributed by atoms with Gasteiger partial charge < -0.3 is 20.8 Å². The molecule has 0 heterocycles. The van der Waals surface area contributed by atoms with Crippen LogP contribution in [0.4, 0.5) is 0 Å². The summed E-state index contributed by atoms with van der Waals surface area (Å²) in [6.45, 7) is 0. The molecule has 16 heavy (non-hydrogen) atoms. The molecule has 0 aromatic rings. The van der Waals surface area contributed by atoms with Crippen molar-refractivity contribution in [2.24, 2.45) is 0 Å². The summed E-state index contributed by atoms with van der Waals surface area (Å²) in [5, 5.41) is 5.72. The van der Waals surface area contributed by atoms with Crippen molar-refractivity contribution in [1.29, 1.82) is 0 Å². The Morgan fingerprint density at radius 3 is 2.56 bits per heavy atom. The van der Waals surface area contributed by atoms with Crippen LogP contribution >= 0.6 is 0 Å². The monoisotopic (exact) mass is 228 g/mol. The molecule has 1 aliphatic rings. The second kappa shape index (κ2) is 6.34. The number of nitrogens with one attached hydrogen (secondary N) is 4. The minimum absolute atomic E-state index is 0.122. The van der Waals surface area contributed by atoms with Gasteiger partial charge in [-0.2, -0.15) is 0 Å². The van der Waals surface area contributed by atoms with Crippen LogP contribution < -0.4 is 21.5 Å². The Hall–Kier alpha value is -1.27. The third-order valence-electron chi connectivity index (χ3n) is 2.62. The van der Waals surface area contributed by atoms with E-state index in [1.54, 1.807) is 27.4 Å². The number of methoxy groups -OCH3 is 1. The standard InChI is InChI=1S/C10H20N4O2/c1-11-6-8(14-12-2)10(15)13-7-4-5-9(7)16-3/h6-7,9,11-12,14H,4-5H2,1-3H3,(H,13,15)/b8-6-/t7-,9-/m0/s1. The van der Waals surface area contributed by atoms with E-state index in [4.69, 9.17) is 4.74 Å². The van der Waals surface area contributed by atoms with Crippen molar-refractivity contribution in [3.05, 3.63) is 11.9 Å². The summed E-state index contributed by atoms with van der Waals surface area (Å²) in [7, 11) is 5.11. The van der Waals surface area contributed by atoms with Crippen molar-refractivity contribution in [2.75, 3.05) is 21.2 Å². The van der Waals surface area contributed by atoms with Crippen LogP contribution in [0.15, 0.2) is 11.9 Å². The van der Waals surface area contributed by atoms with Gasteiger partial charge in [-0.15, -0.1) is 0 Å². The van der Waals surface area contributed by atoms with Crippen LogP contribution in [0.1, 0.15) is 12.8 Å². The Morgan fingerprint density at radius 1 is 1.38 bits per heavy atom. The molecular formula is C10H20N4O2. The zero-order valence-electron chi connectivity index (χ0n) is 9.96. The van der Waals surface area contributed by atoms with Gasteiger partial charge in [0.05, 0.1) is 12.1 Å². The van der Waals surface area contributed by atoms with E-state index in [0.29, 0.717) is 5.70 Å². The highest BCUT2D eigenvalue weighted by Gasteiger charge is 2.32. The molecule has 4 N–H and O–H groups in total. The molecule has 1 aliphatic carbocycles. The fourth-order valence-corrected chi connectivity index (χ4v) is 1.60. The summed E-state index contributed by atoms with van der Waals surface area (Å²) in [5.41, 5.74) is 5.93. The van der Waals surface area contributed by atoms with Gasteiger partial charge in [-0.05, 0) is 12.8 Å². The molecule has 1 fully saturated rings. The lowest BCUT2D eigenvalue weighted by Crippen LogP contribution is -2.53. The third kappa shape index (κ3) is 3.11.